The van der Waals surface area contributed by atoms with Crippen molar-refractivity contribution in [1.82, 2.24) is 0 Å². The number of aryl methyl sites for hydroxylation is 1. The van der Waals surface area contributed by atoms with E-state index in [1.54, 1.807) is 0 Å². The largest absolute Gasteiger partial charge is 0.192 e. The fourth-order valence-corrected chi connectivity index (χ4v) is 5.04. The van der Waals surface area contributed by atoms with E-state index < -0.39 is 0 Å². The molecule has 156 valence electrons. The van der Waals surface area contributed by atoms with E-state index in [1.165, 1.54) is 50.5 Å². The summed E-state index contributed by atoms with van der Waals surface area (Å²) in [5.74, 6) is 1.25. The molecule has 0 bridgehead atoms. The molecule has 3 rings (SSSR count). The molecule has 2 nitrogen and oxygen atoms in total. The third-order valence-electron chi connectivity index (χ3n) is 6.78. The molecule has 1 aliphatic rings. The molecule has 2 aromatic rings. The zero-order valence-corrected chi connectivity index (χ0v) is 18.6. The Labute approximate surface area is 182 Å². The van der Waals surface area contributed by atoms with E-state index in [9.17, 15) is 10.5 Å². The van der Waals surface area contributed by atoms with Crippen molar-refractivity contribution in [2.45, 2.75) is 84.0 Å². The van der Waals surface area contributed by atoms with Gasteiger partial charge in [0.1, 0.15) is 12.1 Å². The molecular weight excluding hydrogens is 364 g/mol. The quantitative estimate of drug-likeness (QED) is 0.424. The molecule has 30 heavy (non-hydrogen) atoms. The van der Waals surface area contributed by atoms with Crippen LogP contribution in [-0.2, 0) is 6.42 Å². The highest BCUT2D eigenvalue weighted by atomic mass is 14.3. The monoisotopic (exact) mass is 398 g/mol. The van der Waals surface area contributed by atoms with Crippen molar-refractivity contribution in [1.29, 1.82) is 10.5 Å². The molecule has 0 unspecified atom stereocenters. The number of hydrogen-bond donors (Lipinski definition) is 0. The lowest BCUT2D eigenvalue weighted by atomic mass is 9.75. The van der Waals surface area contributed by atoms with Crippen LogP contribution in [0.25, 0.3) is 11.1 Å². The van der Waals surface area contributed by atoms with Crippen LogP contribution in [-0.4, -0.2) is 0 Å². The average Bonchev–Trinajstić information content (AvgIpc) is 2.79. The number of nitrogens with zero attached hydrogens (tertiary/aromatic N) is 2. The lowest BCUT2D eigenvalue weighted by Gasteiger charge is -2.29. The van der Waals surface area contributed by atoms with Crippen LogP contribution >= 0.6 is 0 Å². The van der Waals surface area contributed by atoms with Crippen molar-refractivity contribution >= 4 is 0 Å². The number of rotatable bonds is 8. The van der Waals surface area contributed by atoms with E-state index in [0.29, 0.717) is 17.0 Å². The van der Waals surface area contributed by atoms with Gasteiger partial charge in [-0.1, -0.05) is 75.9 Å². The topological polar surface area (TPSA) is 47.6 Å². The van der Waals surface area contributed by atoms with Crippen LogP contribution in [0, 0.1) is 28.6 Å². The average molecular weight is 399 g/mol. The lowest BCUT2D eigenvalue weighted by molar-refractivity contribution is 0.308. The van der Waals surface area contributed by atoms with Gasteiger partial charge in [-0.15, -0.1) is 0 Å². The first-order chi connectivity index (χ1) is 14.7. The van der Waals surface area contributed by atoms with Gasteiger partial charge < -0.3 is 0 Å². The summed E-state index contributed by atoms with van der Waals surface area (Å²) in [6.07, 6.45) is 12.1. The Morgan fingerprint density at radius 3 is 2.10 bits per heavy atom. The van der Waals surface area contributed by atoms with Gasteiger partial charge in [0.2, 0.25) is 0 Å². The first kappa shape index (κ1) is 22.1. The van der Waals surface area contributed by atoms with Crippen LogP contribution in [0.4, 0.5) is 0 Å². The van der Waals surface area contributed by atoms with Crippen LogP contribution in [0.15, 0.2) is 36.4 Å². The van der Waals surface area contributed by atoms with E-state index in [1.807, 2.05) is 0 Å². The Morgan fingerprint density at radius 2 is 1.50 bits per heavy atom. The number of hydrogen-bond acceptors (Lipinski definition) is 2. The van der Waals surface area contributed by atoms with Crippen LogP contribution in [0.2, 0.25) is 0 Å². The van der Waals surface area contributed by atoms with Crippen LogP contribution in [0.5, 0.6) is 0 Å². The molecule has 0 atom stereocenters. The summed E-state index contributed by atoms with van der Waals surface area (Å²) in [6.45, 7) is 4.48. The van der Waals surface area contributed by atoms with Crippen molar-refractivity contribution in [3.05, 3.63) is 58.7 Å². The van der Waals surface area contributed by atoms with Crippen LogP contribution in [0.3, 0.4) is 0 Å². The molecule has 1 fully saturated rings. The molecule has 2 aromatic carbocycles. The Morgan fingerprint density at radius 1 is 0.800 bits per heavy atom. The standard InChI is InChI=1S/C28H34N2/c1-3-5-6-8-22-11-15-24(16-12-22)26-18-17-25(27(19-29)28(26)20-30)23-13-9-21(7-4-2)10-14-23/h11-12,15-18,21,23H,3-10,13-14H2,1-2H3. The van der Waals surface area contributed by atoms with Crippen molar-refractivity contribution in [2.24, 2.45) is 5.92 Å². The Bertz CT molecular complexity index is 903. The molecule has 2 heteroatoms. The SMILES string of the molecule is CCCCCc1ccc(-c2ccc(C3CCC(CCC)CC3)c(C#N)c2C#N)cc1. The van der Waals surface area contributed by atoms with Gasteiger partial charge in [-0.05, 0) is 67.1 Å². The highest BCUT2D eigenvalue weighted by Gasteiger charge is 2.25. The predicted molar refractivity (Wildman–Crippen MR) is 124 cm³/mol. The summed E-state index contributed by atoms with van der Waals surface area (Å²) < 4.78 is 0. The summed E-state index contributed by atoms with van der Waals surface area (Å²) in [4.78, 5) is 0. The molecule has 0 N–H and O–H groups in total. The van der Waals surface area contributed by atoms with Gasteiger partial charge in [0.15, 0.2) is 0 Å². The second-order valence-corrected chi connectivity index (χ2v) is 8.84. The van der Waals surface area contributed by atoms with Gasteiger partial charge in [-0.2, -0.15) is 10.5 Å². The number of benzene rings is 2. The smallest absolute Gasteiger partial charge is 0.101 e. The van der Waals surface area contributed by atoms with Gasteiger partial charge >= 0.3 is 0 Å². The van der Waals surface area contributed by atoms with Crippen molar-refractivity contribution < 1.29 is 0 Å². The molecule has 0 radical (unpaired) electrons. The van der Waals surface area contributed by atoms with Gasteiger partial charge in [0.25, 0.3) is 0 Å². The van der Waals surface area contributed by atoms with Crippen molar-refractivity contribution in [2.75, 3.05) is 0 Å². The summed E-state index contributed by atoms with van der Waals surface area (Å²) in [5, 5.41) is 19.9. The Kier molecular flexibility index (Phi) is 8.10. The van der Waals surface area contributed by atoms with E-state index >= 15 is 0 Å². The minimum Gasteiger partial charge on any atom is -0.192 e. The summed E-state index contributed by atoms with van der Waals surface area (Å²) in [5.41, 5.74) is 5.49. The molecule has 0 aliphatic heterocycles. The fraction of sp³-hybridized carbons (Fsp3) is 0.500. The molecule has 0 amide bonds. The molecule has 0 spiro atoms. The van der Waals surface area contributed by atoms with E-state index in [4.69, 9.17) is 0 Å². The van der Waals surface area contributed by atoms with Crippen molar-refractivity contribution in [3.8, 4) is 23.3 Å². The van der Waals surface area contributed by atoms with Gasteiger partial charge in [0.05, 0.1) is 11.1 Å². The summed E-state index contributed by atoms with van der Waals surface area (Å²) >= 11 is 0. The fourth-order valence-electron chi connectivity index (χ4n) is 5.04. The van der Waals surface area contributed by atoms with E-state index in [2.05, 4.69) is 62.4 Å². The normalized spacial score (nSPS) is 18.5. The highest BCUT2D eigenvalue weighted by Crippen LogP contribution is 2.40. The number of nitriles is 2. The van der Waals surface area contributed by atoms with Crippen LogP contribution in [0.1, 0.15) is 99.8 Å². The molecule has 1 saturated carbocycles. The zero-order valence-electron chi connectivity index (χ0n) is 18.6. The third-order valence-corrected chi connectivity index (χ3v) is 6.78. The zero-order chi connectivity index (χ0) is 21.3. The predicted octanol–water partition coefficient (Wildman–Crippen LogP) is 7.90. The Hall–Kier alpha value is -2.58. The first-order valence-electron chi connectivity index (χ1n) is 11.8. The summed E-state index contributed by atoms with van der Waals surface area (Å²) in [6, 6.07) is 17.5. The summed E-state index contributed by atoms with van der Waals surface area (Å²) in [7, 11) is 0. The Balaban J connectivity index is 1.84. The highest BCUT2D eigenvalue weighted by molar-refractivity contribution is 5.75. The van der Waals surface area contributed by atoms with E-state index in [-0.39, 0.29) is 0 Å². The molecule has 0 heterocycles. The van der Waals surface area contributed by atoms with Gasteiger partial charge in [-0.3, -0.25) is 0 Å². The maximum atomic E-state index is 9.93. The third kappa shape index (κ3) is 5.12. The second-order valence-electron chi connectivity index (χ2n) is 8.84. The minimum absolute atomic E-state index is 0.412. The van der Waals surface area contributed by atoms with Crippen LogP contribution < -0.4 is 0 Å². The lowest BCUT2D eigenvalue weighted by Crippen LogP contribution is -2.14. The van der Waals surface area contributed by atoms with Crippen molar-refractivity contribution in [3.63, 3.8) is 0 Å². The van der Waals surface area contributed by atoms with Gasteiger partial charge in [-0.25, -0.2) is 0 Å². The second kappa shape index (κ2) is 11.0. The maximum absolute atomic E-state index is 9.93. The maximum Gasteiger partial charge on any atom is 0.101 e. The number of unbranched alkanes of at least 4 members (excludes halogenated alkanes) is 2. The first-order valence-corrected chi connectivity index (χ1v) is 11.8. The minimum atomic E-state index is 0.412. The molecular formula is C28H34N2. The van der Waals surface area contributed by atoms with E-state index in [0.717, 1.165) is 41.9 Å². The molecule has 1 aliphatic carbocycles. The van der Waals surface area contributed by atoms with Gasteiger partial charge in [0, 0.05) is 5.56 Å². The molecule has 0 saturated heterocycles. The molecule has 0 aromatic heterocycles.